The predicted molar refractivity (Wildman–Crippen MR) is 553 cm³/mol. The summed E-state index contributed by atoms with van der Waals surface area (Å²) in [6.07, 6.45) is 22.1. The average molecular weight is 1890 g/mol. The molecule has 2 amide bonds. The number of pyridine rings is 4. The number of nitrogens with one attached hydrogen (secondary N) is 6. The molecule has 4 aromatic heterocycles. The molecule has 1 saturated heterocycles. The number of benzene rings is 6. The summed E-state index contributed by atoms with van der Waals surface area (Å²) in [7, 11) is 0. The van der Waals surface area contributed by atoms with Crippen molar-refractivity contribution in [2.24, 2.45) is 5.73 Å². The van der Waals surface area contributed by atoms with Crippen molar-refractivity contribution in [2.45, 2.75) is 346 Å². The molecule has 746 valence electrons. The van der Waals surface area contributed by atoms with Crippen LogP contribution in [0.15, 0.2) is 231 Å². The first-order valence-electron chi connectivity index (χ1n) is 48.9. The number of rotatable bonds is 21. The van der Waals surface area contributed by atoms with Crippen LogP contribution >= 0.6 is 0 Å². The van der Waals surface area contributed by atoms with Gasteiger partial charge in [0.1, 0.15) is 63.5 Å². The second-order valence-electron chi connectivity index (χ2n) is 43.8. The molecule has 0 bridgehead atoms. The summed E-state index contributed by atoms with van der Waals surface area (Å²) >= 11 is 0. The minimum Gasteiger partial charge on any atom is -0.444 e. The Morgan fingerprint density at radius 2 is 0.754 bits per heavy atom. The number of halogens is 4. The van der Waals surface area contributed by atoms with Crippen LogP contribution in [-0.2, 0) is 75.7 Å². The lowest BCUT2D eigenvalue weighted by Gasteiger charge is -2.43. The van der Waals surface area contributed by atoms with Crippen LogP contribution in [0.5, 0.6) is 0 Å². The molecule has 5 aliphatic rings. The molecule has 2 unspecified atom stereocenters. The van der Waals surface area contributed by atoms with E-state index in [1.54, 1.807) is 24.7 Å². The van der Waals surface area contributed by atoms with Gasteiger partial charge in [-0.25, -0.2) is 47.1 Å². The lowest BCUT2D eigenvalue weighted by Crippen LogP contribution is -2.51. The molecule has 4 aliphatic carbocycles. The number of carbonyl (C=O) groups is 3. The fraction of sp³-hybridized carbons (Fsp3) is 0.487. The number of amides is 2. The minimum absolute atomic E-state index is 0. The van der Waals surface area contributed by atoms with Crippen molar-refractivity contribution < 1.29 is 51.3 Å². The van der Waals surface area contributed by atoms with Gasteiger partial charge in [0.2, 0.25) is 0 Å². The highest BCUT2D eigenvalue weighted by Gasteiger charge is 2.44. The largest absolute Gasteiger partial charge is 0.444 e. The summed E-state index contributed by atoms with van der Waals surface area (Å²) in [5, 5.41) is 31.5. The van der Waals surface area contributed by atoms with E-state index in [-0.39, 0.29) is 52.0 Å². The summed E-state index contributed by atoms with van der Waals surface area (Å²) < 4.78 is 68.6. The first kappa shape index (κ1) is 111. The molecule has 2 atom stereocenters. The van der Waals surface area contributed by atoms with Crippen LogP contribution in [0.1, 0.15) is 303 Å². The lowest BCUT2D eigenvalue weighted by molar-refractivity contribution is -0.121. The predicted octanol–water partition coefficient (Wildman–Crippen LogP) is 25.7. The number of alkyl carbamates (subject to hydrolysis) is 2. The van der Waals surface area contributed by atoms with Gasteiger partial charge >= 0.3 is 12.2 Å². The molecule has 5 fully saturated rings. The van der Waals surface area contributed by atoms with Crippen LogP contribution in [0, 0.1) is 23.3 Å². The molecule has 138 heavy (non-hydrogen) atoms. The van der Waals surface area contributed by atoms with Crippen molar-refractivity contribution >= 4 is 41.2 Å². The quantitative estimate of drug-likeness (QED) is 0.0239. The molecule has 11 N–H and O–H groups in total. The summed E-state index contributed by atoms with van der Waals surface area (Å²) in [5.74, 6) is 1.39. The number of aryl methyl sites for hydroxylation is 2. The third-order valence-electron chi connectivity index (χ3n) is 26.0. The number of aliphatic hydroxyl groups excluding tert-OH is 1. The van der Waals surface area contributed by atoms with Crippen molar-refractivity contribution in [3.63, 3.8) is 0 Å². The Morgan fingerprint density at radius 1 is 0.428 bits per heavy atom. The highest BCUT2D eigenvalue weighted by molar-refractivity contribution is 5.80. The van der Waals surface area contributed by atoms with Gasteiger partial charge in [0, 0.05) is 85.5 Å². The van der Waals surface area contributed by atoms with E-state index in [0.29, 0.717) is 92.7 Å². The second-order valence-corrected chi connectivity index (χ2v) is 43.8. The number of carbonyl (C=O) groups excluding carboxylic acids is 3. The maximum atomic E-state index is 13.5. The number of ether oxygens (including phenoxy) is 3. The van der Waals surface area contributed by atoms with E-state index < -0.39 is 57.7 Å². The average Bonchev–Trinajstić information content (AvgIpc) is 0.923. The topological polar surface area (TPSA) is 278 Å². The Bertz CT molecular complexity index is 5380. The number of nitrogens with zero attached hydrogens (tertiary/aromatic N) is 4. The third kappa shape index (κ3) is 35.6. The molecule has 0 spiro atoms. The van der Waals surface area contributed by atoms with Crippen LogP contribution in [-0.4, -0.2) is 97.7 Å². The van der Waals surface area contributed by atoms with E-state index in [1.807, 2.05) is 127 Å². The van der Waals surface area contributed by atoms with E-state index in [4.69, 9.17) is 25.7 Å². The normalized spacial score (nSPS) is 20.4. The van der Waals surface area contributed by atoms with Crippen molar-refractivity contribution in [2.75, 3.05) is 34.8 Å². The maximum Gasteiger partial charge on any atom is 0.408 e. The van der Waals surface area contributed by atoms with Crippen molar-refractivity contribution in [3.05, 3.63) is 310 Å². The zero-order valence-electron chi connectivity index (χ0n) is 84.2. The molecule has 0 radical (unpaired) electrons. The minimum atomic E-state index is -0.627. The maximum absolute atomic E-state index is 13.5. The zero-order chi connectivity index (χ0) is 99.6. The van der Waals surface area contributed by atoms with Gasteiger partial charge in [0.15, 0.2) is 0 Å². The number of Topliss-reactive ketones (excluding diaryl/α,β-unsaturated/α-hetero) is 1. The Morgan fingerprint density at radius 3 is 1.08 bits per heavy atom. The number of aromatic nitrogens is 4. The van der Waals surface area contributed by atoms with Crippen LogP contribution in [0.3, 0.4) is 0 Å². The highest BCUT2D eigenvalue weighted by Crippen LogP contribution is 2.45. The third-order valence-corrected chi connectivity index (χ3v) is 26.0. The van der Waals surface area contributed by atoms with Crippen molar-refractivity contribution in [1.29, 1.82) is 0 Å². The van der Waals surface area contributed by atoms with E-state index in [0.717, 1.165) is 131 Å². The summed E-state index contributed by atoms with van der Waals surface area (Å²) in [4.78, 5) is 54.0. The zero-order valence-corrected chi connectivity index (χ0v) is 84.2. The molecule has 1 aliphatic heterocycles. The fourth-order valence-electron chi connectivity index (χ4n) is 17.9. The summed E-state index contributed by atoms with van der Waals surface area (Å²) in [5.41, 5.74) is 20.9. The number of epoxide rings is 1. The van der Waals surface area contributed by atoms with Crippen LogP contribution < -0.4 is 43.4 Å². The summed E-state index contributed by atoms with van der Waals surface area (Å²) in [6, 6.07) is 66.2. The van der Waals surface area contributed by atoms with E-state index >= 15 is 0 Å². The van der Waals surface area contributed by atoms with Gasteiger partial charge in [0.25, 0.3) is 0 Å². The Kier molecular flexibility index (Phi) is 39.4. The molecule has 6 aromatic carbocycles. The number of anilines is 4. The number of hydrogen-bond acceptors (Lipinski definition) is 17. The van der Waals surface area contributed by atoms with E-state index in [1.165, 1.54) is 57.6 Å². The van der Waals surface area contributed by atoms with E-state index in [2.05, 4.69) is 220 Å². The smallest absolute Gasteiger partial charge is 0.408 e. The van der Waals surface area contributed by atoms with Crippen LogP contribution in [0.2, 0.25) is 0 Å². The number of aliphatic hydroxyl groups is 1. The number of nitrogens with two attached hydrogens (primary N) is 2. The number of hydrogen-bond donors (Lipinski definition) is 9. The molecule has 5 heterocycles. The number of ketones is 1. The SMILES string of the molecule is C.CC(C)(C)OC(=O)NC1(c2cccc(C(C)(C)C)c2)CCC(=O)CC1.CC(C)(C)OC(=O)NC1(c2cccc(C(C)(C)C)c2)CCC(Nc2ccccn2)CC1.CC(C)(C)c1cccc(C2(N)CCC(Nc3ccccn3)CC2)c1.CC(C)(C)c1cccc(C2(NCC(O)CCc3cc(F)cc(F)c3)CCC(Nc3ccccn3)CC2)c1.Fc1cc(F)cc(CCC2CO2)c1.Nc1ccccn1. The molecule has 4 saturated carbocycles. The molecule has 23 heteroatoms. The van der Waals surface area contributed by atoms with Crippen molar-refractivity contribution in [1.82, 2.24) is 35.9 Å². The standard InChI is InChI=1S/C31H39F2N3O.C26H37N3O2.C21H29N3.C21H31NO3.C10H10F2O.C5H6N2.CH4/c1-30(2,3)23-7-6-8-24(19-23)31(14-12-27(13-15-31)36-29-9-4-5-16-34-29)35-21-28(37)11-10-22-17-25(32)20-26(33)18-22;1-24(2,3)19-10-9-11-20(18-19)26(29-23(30)31-25(4,5)6)15-13-21(14-16-26)28-22-12-7-8-17-27-22;1-20(2,3)16-7-6-8-17(15-16)21(22)12-10-18(11-13-21)24-19-9-4-5-14-23-19;1-19(2,3)15-8-7-9-16(14-15)21(12-10-17(23)11-13-21)22-18(24)25-20(4,5)6;11-8-3-7(4-9(12)5-8)1-2-10-6-13-10;6-5-3-1-2-4-7-5;/h4-9,16-20,27-28,35,37H,10-15,21H2,1-3H3,(H,34,36);7-12,17-18,21H,13-16H2,1-6H3,(H,27,28)(H,29,30);4-9,14-15,18H,10-13,22H2,1-3H3,(H,23,24);7-9,14H,10-13H2,1-6H3,(H,22,24);3-5,10H,1-2,6H2;1-4H,(H2,6,7);1H4. The first-order chi connectivity index (χ1) is 64.5. The first-order valence-corrected chi connectivity index (χ1v) is 48.9. The Balaban J connectivity index is 0.000000194. The second kappa shape index (κ2) is 49.1. The monoisotopic (exact) mass is 1890 g/mol. The fourth-order valence-corrected chi connectivity index (χ4v) is 17.9. The molecule has 19 nitrogen and oxygen atoms in total. The van der Waals surface area contributed by atoms with Gasteiger partial charge in [-0.15, -0.1) is 0 Å². The molecule has 10 aromatic rings. The number of nitrogen functional groups attached to an aromatic ring is 1. The van der Waals surface area contributed by atoms with Gasteiger partial charge in [-0.3, -0.25) is 4.79 Å². The van der Waals surface area contributed by atoms with Gasteiger partial charge in [-0.1, -0.05) is 212 Å². The van der Waals surface area contributed by atoms with Gasteiger partial charge in [-0.2, -0.15) is 0 Å². The highest BCUT2D eigenvalue weighted by atomic mass is 19.1. The lowest BCUT2D eigenvalue weighted by atomic mass is 9.73. The Labute approximate surface area is 820 Å². The van der Waals surface area contributed by atoms with Crippen LogP contribution in [0.4, 0.5) is 50.4 Å². The van der Waals surface area contributed by atoms with Gasteiger partial charge in [-0.05, 0) is 307 Å². The van der Waals surface area contributed by atoms with Gasteiger partial charge in [0.05, 0.1) is 29.9 Å². The van der Waals surface area contributed by atoms with Gasteiger partial charge < -0.3 is 62.7 Å². The van der Waals surface area contributed by atoms with Crippen molar-refractivity contribution in [3.8, 4) is 0 Å². The van der Waals surface area contributed by atoms with Crippen LogP contribution in [0.25, 0.3) is 0 Å². The molecule has 15 rings (SSSR count). The molecular weight excluding hydrogens is 1740 g/mol. The summed E-state index contributed by atoms with van der Waals surface area (Å²) in [6.45, 7) is 39.0. The Hall–Kier alpha value is -11.1. The molecular formula is C115H156F4N12O7. The van der Waals surface area contributed by atoms with E-state index in [9.17, 15) is 37.1 Å².